The van der Waals surface area contributed by atoms with Crippen LogP contribution >= 0.6 is 0 Å². The Kier molecular flexibility index (Phi) is 4.37. The van der Waals surface area contributed by atoms with Crippen molar-refractivity contribution in [3.8, 4) is 0 Å². The number of allylic oxidation sites excluding steroid dienone is 8. The van der Waals surface area contributed by atoms with E-state index < -0.39 is 0 Å². The largest absolute Gasteiger partial charge is 0.0799 e. The van der Waals surface area contributed by atoms with Crippen LogP contribution < -0.4 is 0 Å². The van der Waals surface area contributed by atoms with Crippen LogP contribution in [0.15, 0.2) is 71.9 Å². The topological polar surface area (TPSA) is 0 Å². The maximum absolute atomic E-state index is 2.61. The standard InChI is InChI=1S/C27H34/c1-26(2,3)21-12-13-23-19(15-21)14-20-16-22(27(4,5)6)17-24(25(20)23)18-10-8-7-9-11-18/h7-13,15-17,19-20,23,25H,14H2,1-6H3. The highest BCUT2D eigenvalue weighted by molar-refractivity contribution is 5.73. The van der Waals surface area contributed by atoms with Crippen LogP contribution in [-0.4, -0.2) is 0 Å². The summed E-state index contributed by atoms with van der Waals surface area (Å²) in [4.78, 5) is 0. The molecule has 3 aliphatic carbocycles. The second-order valence-electron chi connectivity index (χ2n) is 10.7. The molecular weight excluding hydrogens is 324 g/mol. The zero-order valence-corrected chi connectivity index (χ0v) is 17.8. The van der Waals surface area contributed by atoms with Crippen LogP contribution in [0.25, 0.3) is 5.57 Å². The second kappa shape index (κ2) is 6.36. The number of rotatable bonds is 1. The molecule has 0 amide bonds. The van der Waals surface area contributed by atoms with Crippen molar-refractivity contribution in [2.45, 2.75) is 48.0 Å². The molecule has 3 aliphatic rings. The van der Waals surface area contributed by atoms with Crippen LogP contribution in [0.1, 0.15) is 53.5 Å². The van der Waals surface area contributed by atoms with Gasteiger partial charge >= 0.3 is 0 Å². The quantitative estimate of drug-likeness (QED) is 0.488. The summed E-state index contributed by atoms with van der Waals surface area (Å²) >= 11 is 0. The first-order valence-electron chi connectivity index (χ1n) is 10.5. The highest BCUT2D eigenvalue weighted by atomic mass is 14.5. The molecule has 0 saturated heterocycles. The molecular formula is C27H34. The third-order valence-corrected chi connectivity index (χ3v) is 6.71. The van der Waals surface area contributed by atoms with E-state index in [2.05, 4.69) is 102 Å². The van der Waals surface area contributed by atoms with Crippen molar-refractivity contribution < 1.29 is 0 Å². The molecule has 1 saturated carbocycles. The smallest absolute Gasteiger partial charge is 0.00239 e. The molecule has 1 fully saturated rings. The van der Waals surface area contributed by atoms with Crippen LogP contribution in [0.4, 0.5) is 0 Å². The van der Waals surface area contributed by atoms with Gasteiger partial charge in [0.2, 0.25) is 0 Å². The van der Waals surface area contributed by atoms with E-state index in [0.29, 0.717) is 23.7 Å². The average molecular weight is 359 g/mol. The molecule has 4 unspecified atom stereocenters. The Bertz CT molecular complexity index is 830. The summed E-state index contributed by atoms with van der Waals surface area (Å²) in [5, 5.41) is 0. The molecule has 0 heterocycles. The summed E-state index contributed by atoms with van der Waals surface area (Å²) in [5.74, 6) is 2.55. The third-order valence-electron chi connectivity index (χ3n) is 6.71. The van der Waals surface area contributed by atoms with Crippen molar-refractivity contribution in [1.29, 1.82) is 0 Å². The van der Waals surface area contributed by atoms with E-state index in [1.807, 2.05) is 0 Å². The zero-order valence-electron chi connectivity index (χ0n) is 17.8. The molecule has 0 bridgehead atoms. The minimum Gasteiger partial charge on any atom is -0.0799 e. The first-order valence-corrected chi connectivity index (χ1v) is 10.5. The fourth-order valence-electron chi connectivity index (χ4n) is 5.14. The molecule has 27 heavy (non-hydrogen) atoms. The van der Waals surface area contributed by atoms with Gasteiger partial charge in [0.1, 0.15) is 0 Å². The Labute approximate surface area is 165 Å². The van der Waals surface area contributed by atoms with E-state index in [9.17, 15) is 0 Å². The fraction of sp³-hybridized carbons (Fsp3) is 0.481. The number of hydrogen-bond donors (Lipinski definition) is 0. The first-order chi connectivity index (χ1) is 12.6. The second-order valence-corrected chi connectivity index (χ2v) is 10.7. The zero-order chi connectivity index (χ0) is 19.4. The van der Waals surface area contributed by atoms with Gasteiger partial charge in [-0.05, 0) is 63.2 Å². The first kappa shape index (κ1) is 18.5. The lowest BCUT2D eigenvalue weighted by atomic mass is 9.70. The number of hydrogen-bond acceptors (Lipinski definition) is 0. The lowest BCUT2D eigenvalue weighted by Gasteiger charge is -2.35. The average Bonchev–Trinajstić information content (AvgIpc) is 2.98. The van der Waals surface area contributed by atoms with Crippen LogP contribution in [-0.2, 0) is 0 Å². The normalized spacial score (nSPS) is 30.2. The number of benzene rings is 1. The summed E-state index contributed by atoms with van der Waals surface area (Å²) in [7, 11) is 0. The molecule has 0 aliphatic heterocycles. The Morgan fingerprint density at radius 1 is 0.778 bits per heavy atom. The molecule has 0 nitrogen and oxygen atoms in total. The Morgan fingerprint density at radius 2 is 1.41 bits per heavy atom. The Balaban J connectivity index is 1.77. The fourth-order valence-corrected chi connectivity index (χ4v) is 5.14. The Hall–Kier alpha value is -1.82. The van der Waals surface area contributed by atoms with E-state index in [1.165, 1.54) is 23.1 Å². The van der Waals surface area contributed by atoms with E-state index in [-0.39, 0.29) is 10.8 Å². The Morgan fingerprint density at radius 3 is 2.04 bits per heavy atom. The molecule has 142 valence electrons. The molecule has 0 N–H and O–H groups in total. The van der Waals surface area contributed by atoms with Gasteiger partial charge in [-0.1, -0.05) is 102 Å². The van der Waals surface area contributed by atoms with Gasteiger partial charge < -0.3 is 0 Å². The number of fused-ring (bicyclic) bond motifs is 3. The van der Waals surface area contributed by atoms with E-state index in [1.54, 1.807) is 5.57 Å². The van der Waals surface area contributed by atoms with Crippen LogP contribution in [0.2, 0.25) is 0 Å². The van der Waals surface area contributed by atoms with Crippen LogP contribution in [0, 0.1) is 34.5 Å². The maximum atomic E-state index is 2.61. The molecule has 0 spiro atoms. The predicted molar refractivity (Wildman–Crippen MR) is 117 cm³/mol. The molecule has 0 aromatic heterocycles. The van der Waals surface area contributed by atoms with Gasteiger partial charge in [-0.15, -0.1) is 0 Å². The molecule has 0 radical (unpaired) electrons. The minimum atomic E-state index is 0.195. The van der Waals surface area contributed by atoms with Gasteiger partial charge in [-0.2, -0.15) is 0 Å². The summed E-state index contributed by atoms with van der Waals surface area (Å²) < 4.78 is 0. The lowest BCUT2D eigenvalue weighted by Crippen LogP contribution is -2.23. The van der Waals surface area contributed by atoms with Crippen molar-refractivity contribution >= 4 is 5.57 Å². The minimum absolute atomic E-state index is 0.195. The summed E-state index contributed by atoms with van der Waals surface area (Å²) in [6, 6.07) is 11.1. The van der Waals surface area contributed by atoms with Gasteiger partial charge in [0.25, 0.3) is 0 Å². The van der Waals surface area contributed by atoms with Crippen molar-refractivity contribution in [2.24, 2.45) is 34.5 Å². The van der Waals surface area contributed by atoms with Crippen molar-refractivity contribution in [3.05, 3.63) is 77.4 Å². The van der Waals surface area contributed by atoms with Gasteiger partial charge in [0.15, 0.2) is 0 Å². The van der Waals surface area contributed by atoms with Gasteiger partial charge in [0, 0.05) is 0 Å². The highest BCUT2D eigenvalue weighted by Gasteiger charge is 2.45. The monoisotopic (exact) mass is 358 g/mol. The van der Waals surface area contributed by atoms with Crippen molar-refractivity contribution in [1.82, 2.24) is 0 Å². The molecule has 4 atom stereocenters. The van der Waals surface area contributed by atoms with E-state index in [0.717, 1.165) is 0 Å². The molecule has 1 aromatic rings. The third kappa shape index (κ3) is 3.40. The summed E-state index contributed by atoms with van der Waals surface area (Å²) in [6.07, 6.45) is 13.9. The van der Waals surface area contributed by atoms with Crippen molar-refractivity contribution in [3.63, 3.8) is 0 Å². The SMILES string of the molecule is CC(C)(C)C1=CC2CC3C=C(C(C)(C)C)C=C(c4ccccc4)C3C2C=C1. The summed E-state index contributed by atoms with van der Waals surface area (Å²) in [5.41, 5.74) is 6.40. The van der Waals surface area contributed by atoms with E-state index in [4.69, 9.17) is 0 Å². The molecule has 1 aromatic carbocycles. The van der Waals surface area contributed by atoms with Gasteiger partial charge in [-0.25, -0.2) is 0 Å². The maximum Gasteiger partial charge on any atom is -0.00239 e. The predicted octanol–water partition coefficient (Wildman–Crippen LogP) is 7.47. The van der Waals surface area contributed by atoms with Crippen LogP contribution in [0.3, 0.4) is 0 Å². The van der Waals surface area contributed by atoms with Gasteiger partial charge in [0.05, 0.1) is 0 Å². The van der Waals surface area contributed by atoms with E-state index >= 15 is 0 Å². The molecule has 0 heteroatoms. The van der Waals surface area contributed by atoms with Crippen LogP contribution in [0.5, 0.6) is 0 Å². The summed E-state index contributed by atoms with van der Waals surface area (Å²) in [6.45, 7) is 14.0. The molecule has 4 rings (SSSR count). The van der Waals surface area contributed by atoms with Gasteiger partial charge in [-0.3, -0.25) is 0 Å². The highest BCUT2D eigenvalue weighted by Crippen LogP contribution is 2.55. The van der Waals surface area contributed by atoms with Crippen molar-refractivity contribution in [2.75, 3.05) is 0 Å². The lowest BCUT2D eigenvalue weighted by molar-refractivity contribution is 0.443.